The van der Waals surface area contributed by atoms with Gasteiger partial charge >= 0.3 is 0 Å². The molecule has 0 fully saturated rings. The summed E-state index contributed by atoms with van der Waals surface area (Å²) in [4.78, 5) is 16.5. The quantitative estimate of drug-likeness (QED) is 0.506. The van der Waals surface area contributed by atoms with Gasteiger partial charge in [-0.25, -0.2) is 4.98 Å². The first-order chi connectivity index (χ1) is 12.1. The predicted octanol–water partition coefficient (Wildman–Crippen LogP) is 6.31. The van der Waals surface area contributed by atoms with E-state index in [0.717, 1.165) is 30.5 Å². The first-order valence-corrected chi connectivity index (χ1v) is 10.3. The number of hydrogen-bond acceptors (Lipinski definition) is 3. The van der Waals surface area contributed by atoms with Crippen molar-refractivity contribution in [1.82, 2.24) is 4.98 Å². The zero-order valence-corrected chi connectivity index (χ0v) is 16.5. The van der Waals surface area contributed by atoms with Crippen molar-refractivity contribution in [3.05, 3.63) is 35.2 Å². The number of nitrogens with zero attached hydrogens (tertiary/aromatic N) is 1. The Kier molecular flexibility index (Phi) is 8.13. The Morgan fingerprint density at radius 1 is 1.12 bits per heavy atom. The Morgan fingerprint density at radius 2 is 1.84 bits per heavy atom. The molecule has 0 spiro atoms. The van der Waals surface area contributed by atoms with Crippen molar-refractivity contribution in [2.75, 3.05) is 5.32 Å². The molecule has 1 N–H and O–H groups in total. The molecule has 4 heteroatoms. The monoisotopic (exact) mass is 358 g/mol. The van der Waals surface area contributed by atoms with Gasteiger partial charge in [0, 0.05) is 17.4 Å². The minimum atomic E-state index is 0.0738. The summed E-state index contributed by atoms with van der Waals surface area (Å²) < 4.78 is 0. The van der Waals surface area contributed by atoms with E-state index in [1.807, 2.05) is 5.38 Å². The van der Waals surface area contributed by atoms with Crippen LogP contribution in [0, 0.1) is 5.92 Å². The van der Waals surface area contributed by atoms with E-state index in [4.69, 9.17) is 0 Å². The van der Waals surface area contributed by atoms with Crippen LogP contribution < -0.4 is 5.32 Å². The van der Waals surface area contributed by atoms with E-state index in [9.17, 15) is 4.79 Å². The Bertz CT molecular complexity index is 646. The van der Waals surface area contributed by atoms with E-state index in [0.29, 0.717) is 17.5 Å². The zero-order valence-electron chi connectivity index (χ0n) is 15.7. The SMILES string of the molecule is CCCCCCCC(=O)Nc1nc(-c2ccc(CC(C)C)cc2)cs1. The number of amides is 1. The molecule has 1 amide bonds. The molecule has 136 valence electrons. The van der Waals surface area contributed by atoms with Crippen molar-refractivity contribution in [3.8, 4) is 11.3 Å². The number of anilines is 1. The van der Waals surface area contributed by atoms with E-state index < -0.39 is 0 Å². The average Bonchev–Trinajstić information content (AvgIpc) is 3.03. The number of unbranched alkanes of at least 4 members (excludes halogenated alkanes) is 4. The third kappa shape index (κ3) is 6.99. The number of rotatable bonds is 10. The standard InChI is InChI=1S/C21H30N2OS/c1-4-5-6-7-8-9-20(24)23-21-22-19(15-25-21)18-12-10-17(11-13-18)14-16(2)3/h10-13,15-16H,4-9,14H2,1-3H3,(H,22,23,24). The number of nitrogens with one attached hydrogen (secondary N) is 1. The normalized spacial score (nSPS) is 11.0. The number of carbonyl (C=O) groups is 1. The second-order valence-corrected chi connectivity index (χ2v) is 7.90. The molecule has 1 aromatic heterocycles. The molecule has 0 radical (unpaired) electrons. The highest BCUT2D eigenvalue weighted by Gasteiger charge is 2.08. The van der Waals surface area contributed by atoms with Gasteiger partial charge < -0.3 is 5.32 Å². The van der Waals surface area contributed by atoms with Crippen LogP contribution in [0.25, 0.3) is 11.3 Å². The van der Waals surface area contributed by atoms with Gasteiger partial charge in [-0.05, 0) is 24.3 Å². The Morgan fingerprint density at radius 3 is 2.52 bits per heavy atom. The number of benzene rings is 1. The van der Waals surface area contributed by atoms with Crippen molar-refractivity contribution in [2.24, 2.45) is 5.92 Å². The maximum Gasteiger partial charge on any atom is 0.226 e. The molecule has 2 rings (SSSR count). The van der Waals surface area contributed by atoms with E-state index in [1.165, 1.54) is 36.2 Å². The van der Waals surface area contributed by atoms with Gasteiger partial charge in [-0.3, -0.25) is 4.79 Å². The second kappa shape index (κ2) is 10.3. The molecular weight excluding hydrogens is 328 g/mol. The average molecular weight is 359 g/mol. The highest BCUT2D eigenvalue weighted by atomic mass is 32.1. The number of hydrogen-bond donors (Lipinski definition) is 1. The van der Waals surface area contributed by atoms with Gasteiger partial charge in [0.2, 0.25) is 5.91 Å². The van der Waals surface area contributed by atoms with Crippen LogP contribution in [0.5, 0.6) is 0 Å². The molecule has 1 aromatic carbocycles. The van der Waals surface area contributed by atoms with Crippen molar-refractivity contribution in [1.29, 1.82) is 0 Å². The van der Waals surface area contributed by atoms with Crippen LogP contribution in [0.4, 0.5) is 5.13 Å². The lowest BCUT2D eigenvalue weighted by molar-refractivity contribution is -0.116. The smallest absolute Gasteiger partial charge is 0.226 e. The second-order valence-electron chi connectivity index (χ2n) is 7.05. The predicted molar refractivity (Wildman–Crippen MR) is 108 cm³/mol. The summed E-state index contributed by atoms with van der Waals surface area (Å²) >= 11 is 1.49. The number of carbonyl (C=O) groups excluding carboxylic acids is 1. The molecule has 0 saturated carbocycles. The largest absolute Gasteiger partial charge is 0.302 e. The van der Waals surface area contributed by atoms with Crippen LogP contribution in [0.1, 0.15) is 64.9 Å². The van der Waals surface area contributed by atoms with Gasteiger partial charge in [-0.2, -0.15) is 0 Å². The molecule has 1 heterocycles. The van der Waals surface area contributed by atoms with Crippen LogP contribution >= 0.6 is 11.3 Å². The number of aromatic nitrogens is 1. The van der Waals surface area contributed by atoms with Gasteiger partial charge in [0.05, 0.1) is 5.69 Å². The van der Waals surface area contributed by atoms with Crippen LogP contribution in [-0.2, 0) is 11.2 Å². The molecule has 3 nitrogen and oxygen atoms in total. The first-order valence-electron chi connectivity index (χ1n) is 9.43. The van der Waals surface area contributed by atoms with E-state index in [1.54, 1.807) is 0 Å². The van der Waals surface area contributed by atoms with E-state index in [2.05, 4.69) is 55.3 Å². The van der Waals surface area contributed by atoms with Crippen molar-refractivity contribution < 1.29 is 4.79 Å². The fraction of sp³-hybridized carbons (Fsp3) is 0.524. The van der Waals surface area contributed by atoms with E-state index >= 15 is 0 Å². The maximum absolute atomic E-state index is 12.0. The fourth-order valence-corrected chi connectivity index (χ4v) is 3.55. The summed E-state index contributed by atoms with van der Waals surface area (Å²) in [7, 11) is 0. The lowest BCUT2D eigenvalue weighted by Crippen LogP contribution is -2.10. The lowest BCUT2D eigenvalue weighted by Gasteiger charge is -2.05. The molecule has 0 bridgehead atoms. The van der Waals surface area contributed by atoms with Crippen LogP contribution in [0.15, 0.2) is 29.6 Å². The molecule has 0 unspecified atom stereocenters. The molecule has 0 aliphatic heterocycles. The van der Waals surface area contributed by atoms with Crippen LogP contribution in [-0.4, -0.2) is 10.9 Å². The Balaban J connectivity index is 1.84. The molecule has 0 aliphatic rings. The third-order valence-electron chi connectivity index (χ3n) is 4.15. The molecule has 2 aromatic rings. The molecular formula is C21H30N2OS. The van der Waals surface area contributed by atoms with Crippen LogP contribution in [0.3, 0.4) is 0 Å². The van der Waals surface area contributed by atoms with Gasteiger partial charge in [-0.15, -0.1) is 11.3 Å². The minimum Gasteiger partial charge on any atom is -0.302 e. The van der Waals surface area contributed by atoms with Crippen molar-refractivity contribution in [2.45, 2.75) is 65.7 Å². The molecule has 0 aliphatic carbocycles. The van der Waals surface area contributed by atoms with Gasteiger partial charge in [0.15, 0.2) is 5.13 Å². The fourth-order valence-electron chi connectivity index (χ4n) is 2.82. The summed E-state index contributed by atoms with van der Waals surface area (Å²) in [5.41, 5.74) is 3.38. The highest BCUT2D eigenvalue weighted by Crippen LogP contribution is 2.25. The summed E-state index contributed by atoms with van der Waals surface area (Å²) in [5, 5.41) is 5.63. The Labute approximate surface area is 155 Å². The summed E-state index contributed by atoms with van der Waals surface area (Å²) in [6.07, 6.45) is 7.48. The summed E-state index contributed by atoms with van der Waals surface area (Å²) in [6.45, 7) is 6.66. The lowest BCUT2D eigenvalue weighted by atomic mass is 10.0. The van der Waals surface area contributed by atoms with Crippen molar-refractivity contribution in [3.63, 3.8) is 0 Å². The molecule has 25 heavy (non-hydrogen) atoms. The summed E-state index contributed by atoms with van der Waals surface area (Å²) in [5.74, 6) is 0.735. The van der Waals surface area contributed by atoms with Crippen LogP contribution in [0.2, 0.25) is 0 Å². The number of thiazole rings is 1. The topological polar surface area (TPSA) is 42.0 Å². The zero-order chi connectivity index (χ0) is 18.1. The molecule has 0 saturated heterocycles. The van der Waals surface area contributed by atoms with Gasteiger partial charge in [-0.1, -0.05) is 70.7 Å². The maximum atomic E-state index is 12.0. The van der Waals surface area contributed by atoms with Gasteiger partial charge in [0.1, 0.15) is 0 Å². The minimum absolute atomic E-state index is 0.0738. The third-order valence-corrected chi connectivity index (χ3v) is 4.91. The van der Waals surface area contributed by atoms with Crippen molar-refractivity contribution >= 4 is 22.4 Å². The molecule has 0 atom stereocenters. The highest BCUT2D eigenvalue weighted by molar-refractivity contribution is 7.14. The van der Waals surface area contributed by atoms with Gasteiger partial charge in [0.25, 0.3) is 0 Å². The Hall–Kier alpha value is -1.68. The van der Waals surface area contributed by atoms with E-state index in [-0.39, 0.29) is 5.91 Å². The first kappa shape index (κ1) is 19.6. The summed E-state index contributed by atoms with van der Waals surface area (Å²) in [6, 6.07) is 8.57.